The maximum atomic E-state index is 12.4. The van der Waals surface area contributed by atoms with Crippen LogP contribution < -0.4 is 10.1 Å². The first-order chi connectivity index (χ1) is 12.7. The lowest BCUT2D eigenvalue weighted by molar-refractivity contribution is -0.128. The van der Waals surface area contributed by atoms with E-state index in [2.05, 4.69) is 5.32 Å². The van der Waals surface area contributed by atoms with E-state index >= 15 is 0 Å². The van der Waals surface area contributed by atoms with Gasteiger partial charge in [0.2, 0.25) is 5.91 Å². The Morgan fingerprint density at radius 2 is 1.85 bits per heavy atom. The van der Waals surface area contributed by atoms with Crippen molar-refractivity contribution in [2.24, 2.45) is 5.92 Å². The number of anilines is 1. The Labute approximate surface area is 157 Å². The number of carbonyl (C=O) groups is 2. The fourth-order valence-corrected chi connectivity index (χ4v) is 3.15. The van der Waals surface area contributed by atoms with E-state index in [-0.39, 0.29) is 12.2 Å². The van der Waals surface area contributed by atoms with Gasteiger partial charge in [-0.3, -0.25) is 9.59 Å². The molecular weight excluding hydrogens is 348 g/mol. The molecule has 0 fully saturated rings. The number of nitriles is 1. The predicted octanol–water partition coefficient (Wildman–Crippen LogP) is 3.92. The topological polar surface area (TPSA) is 79.2 Å². The third kappa shape index (κ3) is 5.64. The number of benzene rings is 2. The zero-order chi connectivity index (χ0) is 18.8. The molecule has 0 saturated carbocycles. The average molecular weight is 368 g/mol. The van der Waals surface area contributed by atoms with Gasteiger partial charge in [0.15, 0.2) is 11.7 Å². The standard InChI is InChI=1S/C20H20N2O3S/c1-2-25-19-11-7-6-10-17(19)22-20(24)16(14-21)18(23)12-13-26-15-8-4-3-5-9-15/h3-11,16H,2,12-13H2,1H3,(H,22,24). The van der Waals surface area contributed by atoms with E-state index in [1.807, 2.05) is 43.3 Å². The molecule has 1 atom stereocenters. The second-order valence-electron chi connectivity index (χ2n) is 5.36. The van der Waals surface area contributed by atoms with E-state index in [4.69, 9.17) is 4.74 Å². The highest BCUT2D eigenvalue weighted by Gasteiger charge is 2.26. The minimum atomic E-state index is -1.33. The molecule has 26 heavy (non-hydrogen) atoms. The molecule has 0 aliphatic heterocycles. The van der Waals surface area contributed by atoms with Crippen LogP contribution in [0.3, 0.4) is 0 Å². The molecule has 5 nitrogen and oxygen atoms in total. The number of ketones is 1. The Kier molecular flexibility index (Phi) is 7.72. The smallest absolute Gasteiger partial charge is 0.249 e. The van der Waals surface area contributed by atoms with E-state index in [1.165, 1.54) is 11.8 Å². The maximum Gasteiger partial charge on any atom is 0.249 e. The predicted molar refractivity (Wildman–Crippen MR) is 102 cm³/mol. The second-order valence-corrected chi connectivity index (χ2v) is 6.53. The molecular formula is C20H20N2O3S. The maximum absolute atomic E-state index is 12.4. The highest BCUT2D eigenvalue weighted by molar-refractivity contribution is 7.99. The minimum Gasteiger partial charge on any atom is -0.492 e. The van der Waals surface area contributed by atoms with Gasteiger partial charge in [0.05, 0.1) is 18.4 Å². The van der Waals surface area contributed by atoms with Gasteiger partial charge in [0.1, 0.15) is 5.75 Å². The number of rotatable bonds is 9. The number of hydrogen-bond donors (Lipinski definition) is 1. The van der Waals surface area contributed by atoms with Crippen LogP contribution in [0.25, 0.3) is 0 Å². The molecule has 0 radical (unpaired) electrons. The number of thioether (sulfide) groups is 1. The van der Waals surface area contributed by atoms with Crippen LogP contribution in [0.4, 0.5) is 5.69 Å². The number of hydrogen-bond acceptors (Lipinski definition) is 5. The van der Waals surface area contributed by atoms with Crippen LogP contribution in [-0.2, 0) is 9.59 Å². The van der Waals surface area contributed by atoms with Gasteiger partial charge < -0.3 is 10.1 Å². The third-order valence-corrected chi connectivity index (χ3v) is 4.53. The first-order valence-corrected chi connectivity index (χ1v) is 9.27. The Balaban J connectivity index is 1.93. The fourth-order valence-electron chi connectivity index (χ4n) is 2.26. The largest absolute Gasteiger partial charge is 0.492 e. The number of amides is 1. The van der Waals surface area contributed by atoms with Gasteiger partial charge in [0, 0.05) is 17.1 Å². The minimum absolute atomic E-state index is 0.151. The van der Waals surface area contributed by atoms with Crippen molar-refractivity contribution in [2.75, 3.05) is 17.7 Å². The molecule has 0 aromatic heterocycles. The Morgan fingerprint density at radius 3 is 2.54 bits per heavy atom. The molecule has 2 rings (SSSR count). The van der Waals surface area contributed by atoms with E-state index in [1.54, 1.807) is 24.3 Å². The van der Waals surface area contributed by atoms with Crippen LogP contribution in [-0.4, -0.2) is 24.1 Å². The van der Waals surface area contributed by atoms with Crippen LogP contribution in [0, 0.1) is 17.2 Å². The number of nitrogens with zero attached hydrogens (tertiary/aromatic N) is 1. The third-order valence-electron chi connectivity index (χ3n) is 3.52. The SMILES string of the molecule is CCOc1ccccc1NC(=O)C(C#N)C(=O)CCSc1ccccc1. The first-order valence-electron chi connectivity index (χ1n) is 8.28. The highest BCUT2D eigenvalue weighted by Crippen LogP contribution is 2.24. The van der Waals surface area contributed by atoms with Crippen molar-refractivity contribution in [1.82, 2.24) is 0 Å². The van der Waals surface area contributed by atoms with E-state index < -0.39 is 11.8 Å². The Bertz CT molecular complexity index is 787. The van der Waals surface area contributed by atoms with Crippen molar-refractivity contribution in [3.63, 3.8) is 0 Å². The summed E-state index contributed by atoms with van der Waals surface area (Å²) in [6.45, 7) is 2.29. The Hall–Kier alpha value is -2.78. The van der Waals surface area contributed by atoms with Crippen molar-refractivity contribution in [1.29, 1.82) is 5.26 Å². The fraction of sp³-hybridized carbons (Fsp3) is 0.250. The molecule has 6 heteroatoms. The molecule has 1 amide bonds. The lowest BCUT2D eigenvalue weighted by atomic mass is 10.0. The zero-order valence-corrected chi connectivity index (χ0v) is 15.3. The summed E-state index contributed by atoms with van der Waals surface area (Å²) >= 11 is 1.52. The van der Waals surface area contributed by atoms with Crippen molar-refractivity contribution < 1.29 is 14.3 Å². The van der Waals surface area contributed by atoms with Crippen LogP contribution in [0.15, 0.2) is 59.5 Å². The van der Waals surface area contributed by atoms with Crippen LogP contribution >= 0.6 is 11.8 Å². The lowest BCUT2D eigenvalue weighted by Gasteiger charge is -2.13. The van der Waals surface area contributed by atoms with Crippen LogP contribution in [0.1, 0.15) is 13.3 Å². The number of nitrogens with one attached hydrogen (secondary N) is 1. The quantitative estimate of drug-likeness (QED) is 0.536. The highest BCUT2D eigenvalue weighted by atomic mass is 32.2. The molecule has 0 aliphatic rings. The van der Waals surface area contributed by atoms with Gasteiger partial charge in [-0.05, 0) is 31.2 Å². The number of para-hydroxylation sites is 2. The summed E-state index contributed by atoms with van der Waals surface area (Å²) < 4.78 is 5.44. The van der Waals surface area contributed by atoms with Crippen molar-refractivity contribution >= 4 is 29.1 Å². The zero-order valence-electron chi connectivity index (χ0n) is 14.5. The summed E-state index contributed by atoms with van der Waals surface area (Å²) in [6.07, 6.45) is 0.151. The van der Waals surface area contributed by atoms with Crippen molar-refractivity contribution in [3.8, 4) is 11.8 Å². The number of ether oxygens (including phenoxy) is 1. The summed E-state index contributed by atoms with van der Waals surface area (Å²) in [6, 6.07) is 18.4. The monoisotopic (exact) mass is 368 g/mol. The number of Topliss-reactive ketones (excluding diaryl/α,β-unsaturated/α-hetero) is 1. The summed E-state index contributed by atoms with van der Waals surface area (Å²) in [5, 5.41) is 11.9. The van der Waals surface area contributed by atoms with E-state index in [0.29, 0.717) is 23.8 Å². The first kappa shape index (κ1) is 19.5. The van der Waals surface area contributed by atoms with Gasteiger partial charge in [-0.15, -0.1) is 11.8 Å². The summed E-state index contributed by atoms with van der Waals surface area (Å²) in [7, 11) is 0. The van der Waals surface area contributed by atoms with E-state index in [0.717, 1.165) is 4.90 Å². The van der Waals surface area contributed by atoms with Gasteiger partial charge in [-0.2, -0.15) is 5.26 Å². The molecule has 0 bridgehead atoms. The van der Waals surface area contributed by atoms with Crippen LogP contribution in [0.5, 0.6) is 5.75 Å². The molecule has 0 aliphatic carbocycles. The Morgan fingerprint density at radius 1 is 1.15 bits per heavy atom. The van der Waals surface area contributed by atoms with E-state index in [9.17, 15) is 14.9 Å². The molecule has 0 heterocycles. The van der Waals surface area contributed by atoms with Gasteiger partial charge in [0.25, 0.3) is 0 Å². The summed E-state index contributed by atoms with van der Waals surface area (Å²) in [5.41, 5.74) is 0.450. The normalized spacial score (nSPS) is 11.2. The summed E-state index contributed by atoms with van der Waals surface area (Å²) in [5.74, 6) is -1.33. The molecule has 134 valence electrons. The molecule has 0 spiro atoms. The number of carbonyl (C=O) groups excluding carboxylic acids is 2. The lowest BCUT2D eigenvalue weighted by Crippen LogP contribution is -2.29. The second kappa shape index (κ2) is 10.3. The van der Waals surface area contributed by atoms with Crippen molar-refractivity contribution in [3.05, 3.63) is 54.6 Å². The molecule has 1 unspecified atom stereocenters. The molecule has 2 aromatic rings. The average Bonchev–Trinajstić information content (AvgIpc) is 2.65. The molecule has 1 N–H and O–H groups in total. The van der Waals surface area contributed by atoms with Crippen LogP contribution in [0.2, 0.25) is 0 Å². The van der Waals surface area contributed by atoms with Gasteiger partial charge in [-0.1, -0.05) is 30.3 Å². The summed E-state index contributed by atoms with van der Waals surface area (Å²) in [4.78, 5) is 25.7. The van der Waals surface area contributed by atoms with Gasteiger partial charge >= 0.3 is 0 Å². The molecule has 2 aromatic carbocycles. The van der Waals surface area contributed by atoms with Gasteiger partial charge in [-0.25, -0.2) is 0 Å². The van der Waals surface area contributed by atoms with Crippen molar-refractivity contribution in [2.45, 2.75) is 18.2 Å². The molecule has 0 saturated heterocycles.